The van der Waals surface area contributed by atoms with Crippen LogP contribution in [0.5, 0.6) is 5.75 Å². The maximum atomic E-state index is 13.1. The summed E-state index contributed by atoms with van der Waals surface area (Å²) in [6.45, 7) is 2.31. The number of nitrogens with one attached hydrogen (secondary N) is 2. The first-order chi connectivity index (χ1) is 15.9. The fourth-order valence-electron chi connectivity index (χ4n) is 5.09. The van der Waals surface area contributed by atoms with Crippen LogP contribution in [0.15, 0.2) is 77.3 Å². The average Bonchev–Trinajstić information content (AvgIpc) is 3.27. The van der Waals surface area contributed by atoms with Crippen molar-refractivity contribution in [3.63, 3.8) is 0 Å². The summed E-state index contributed by atoms with van der Waals surface area (Å²) in [7, 11) is 0. The van der Waals surface area contributed by atoms with Crippen LogP contribution in [-0.4, -0.2) is 22.9 Å². The van der Waals surface area contributed by atoms with Crippen molar-refractivity contribution < 1.29 is 14.5 Å². The van der Waals surface area contributed by atoms with Gasteiger partial charge in [0.25, 0.3) is 11.9 Å². The number of hydrogen-bond donors (Lipinski definition) is 2. The number of ether oxygens (including phenoxy) is 1. The van der Waals surface area contributed by atoms with E-state index in [4.69, 9.17) is 4.74 Å². The molecule has 2 heterocycles. The van der Waals surface area contributed by atoms with E-state index in [0.717, 1.165) is 15.6 Å². The van der Waals surface area contributed by atoms with Crippen LogP contribution in [0.25, 0.3) is 0 Å². The molecular weight excluding hydrogens is 486 g/mol. The summed E-state index contributed by atoms with van der Waals surface area (Å²) < 4.78 is 6.88. The molecule has 1 spiro atoms. The molecule has 1 saturated heterocycles. The number of para-hydroxylation sites is 1. The molecule has 0 unspecified atom stereocenters. The van der Waals surface area contributed by atoms with Crippen LogP contribution in [0.3, 0.4) is 0 Å². The lowest BCUT2D eigenvalue weighted by Crippen LogP contribution is -2.54. The van der Waals surface area contributed by atoms with E-state index in [-0.39, 0.29) is 16.9 Å². The van der Waals surface area contributed by atoms with E-state index < -0.39 is 17.5 Å². The van der Waals surface area contributed by atoms with Crippen molar-refractivity contribution in [3.05, 3.63) is 104 Å². The Labute approximate surface area is 199 Å². The topological polar surface area (TPSA) is 93.5 Å². The van der Waals surface area contributed by atoms with Crippen molar-refractivity contribution in [1.82, 2.24) is 5.32 Å². The zero-order valence-corrected chi connectivity index (χ0v) is 19.4. The molecule has 7 nitrogen and oxygen atoms in total. The third-order valence-electron chi connectivity index (χ3n) is 6.55. The first-order valence-electron chi connectivity index (χ1n) is 10.7. The molecule has 1 fully saturated rings. The predicted octanol–water partition coefficient (Wildman–Crippen LogP) is 4.60. The lowest BCUT2D eigenvalue weighted by molar-refractivity contribution is -0.532. The number of carbonyl (C=O) groups is 1. The van der Waals surface area contributed by atoms with Gasteiger partial charge in [0.15, 0.2) is 5.54 Å². The third kappa shape index (κ3) is 3.59. The van der Waals surface area contributed by atoms with Gasteiger partial charge in [-0.25, -0.2) is 0 Å². The Morgan fingerprint density at radius 3 is 2.45 bits per heavy atom. The van der Waals surface area contributed by atoms with E-state index in [2.05, 4.69) is 26.6 Å². The molecule has 4 atom stereocenters. The molecule has 0 bridgehead atoms. The summed E-state index contributed by atoms with van der Waals surface area (Å²) in [5.74, 6) is -0.191. The van der Waals surface area contributed by atoms with Crippen LogP contribution in [-0.2, 0) is 16.9 Å². The molecule has 33 heavy (non-hydrogen) atoms. The van der Waals surface area contributed by atoms with Crippen LogP contribution in [0.1, 0.15) is 29.5 Å². The average molecular weight is 508 g/mol. The van der Waals surface area contributed by atoms with Crippen molar-refractivity contribution in [2.75, 3.05) is 5.32 Å². The van der Waals surface area contributed by atoms with Gasteiger partial charge >= 0.3 is 0 Å². The van der Waals surface area contributed by atoms with Gasteiger partial charge in [-0.05, 0) is 48.4 Å². The first kappa shape index (κ1) is 21.6. The largest absolute Gasteiger partial charge is 0.489 e. The number of anilines is 1. The van der Waals surface area contributed by atoms with Crippen molar-refractivity contribution in [3.8, 4) is 5.75 Å². The summed E-state index contributed by atoms with van der Waals surface area (Å²) in [5, 5.41) is 18.5. The normalized spacial score (nSPS) is 25.6. The molecular formula is C25H22BrN3O4. The van der Waals surface area contributed by atoms with Gasteiger partial charge in [0.05, 0.1) is 5.92 Å². The Kier molecular flexibility index (Phi) is 5.42. The second kappa shape index (κ2) is 8.28. The maximum absolute atomic E-state index is 13.1. The smallest absolute Gasteiger partial charge is 0.256 e. The molecule has 0 aromatic heterocycles. The van der Waals surface area contributed by atoms with Crippen LogP contribution < -0.4 is 15.4 Å². The molecule has 8 heteroatoms. The highest BCUT2D eigenvalue weighted by molar-refractivity contribution is 9.10. The standard InChI is InChI=1S/C25H22BrN3O4/c1-15-22(17-8-12-19(13-9-17)33-14-16-6-10-18(26)11-7-16)23(29(31)32)25(28-15)20-4-2-3-5-21(20)27-24(25)30/h2-13,15,22-23,28H,14H2,1H3,(H,27,30)/t15-,22-,23+,25-/m0/s1. The van der Waals surface area contributed by atoms with Gasteiger partial charge in [0.2, 0.25) is 0 Å². The van der Waals surface area contributed by atoms with Crippen molar-refractivity contribution in [2.24, 2.45) is 0 Å². The molecule has 2 N–H and O–H groups in total. The highest BCUT2D eigenvalue weighted by Gasteiger charge is 2.67. The zero-order chi connectivity index (χ0) is 23.2. The number of halogens is 1. The van der Waals surface area contributed by atoms with Crippen molar-refractivity contribution in [1.29, 1.82) is 0 Å². The van der Waals surface area contributed by atoms with Crippen LogP contribution in [0, 0.1) is 10.1 Å². The molecule has 2 aliphatic rings. The summed E-state index contributed by atoms with van der Waals surface area (Å²) in [5.41, 5.74) is 1.67. The Hall–Kier alpha value is -3.23. The number of amides is 1. The zero-order valence-electron chi connectivity index (χ0n) is 17.8. The van der Waals surface area contributed by atoms with E-state index in [0.29, 0.717) is 23.6 Å². The third-order valence-corrected chi connectivity index (χ3v) is 7.08. The van der Waals surface area contributed by atoms with E-state index in [1.165, 1.54) is 0 Å². The van der Waals surface area contributed by atoms with Crippen LogP contribution >= 0.6 is 15.9 Å². The summed E-state index contributed by atoms with van der Waals surface area (Å²) in [4.78, 5) is 25.1. The monoisotopic (exact) mass is 507 g/mol. The van der Waals surface area contributed by atoms with Gasteiger partial charge < -0.3 is 10.1 Å². The van der Waals surface area contributed by atoms with E-state index in [1.54, 1.807) is 18.2 Å². The Balaban J connectivity index is 1.42. The van der Waals surface area contributed by atoms with Gasteiger partial charge in [-0.3, -0.25) is 20.2 Å². The molecule has 2 aliphatic heterocycles. The summed E-state index contributed by atoms with van der Waals surface area (Å²) >= 11 is 3.42. The maximum Gasteiger partial charge on any atom is 0.256 e. The number of nitrogens with zero attached hydrogens (tertiary/aromatic N) is 1. The first-order valence-corrected chi connectivity index (χ1v) is 11.5. The highest BCUT2D eigenvalue weighted by Crippen LogP contribution is 2.49. The SMILES string of the molecule is C[C@@H]1N[C@]2(C(=O)Nc3ccccc32)[C@H]([N+](=O)[O-])[C@@H]1c1ccc(OCc2ccc(Br)cc2)cc1. The molecule has 1 amide bonds. The molecule has 3 aromatic rings. The number of fused-ring (bicyclic) bond motifs is 2. The minimum absolute atomic E-state index is 0.285. The summed E-state index contributed by atoms with van der Waals surface area (Å²) in [6, 6.07) is 21.0. The molecule has 0 aliphatic carbocycles. The van der Waals surface area contributed by atoms with Gasteiger partial charge in [-0.2, -0.15) is 0 Å². The number of benzene rings is 3. The lowest BCUT2D eigenvalue weighted by Gasteiger charge is -2.25. The van der Waals surface area contributed by atoms with Crippen LogP contribution in [0.4, 0.5) is 5.69 Å². The molecule has 3 aromatic carbocycles. The molecule has 0 radical (unpaired) electrons. The second-order valence-electron chi connectivity index (χ2n) is 8.48. The van der Waals surface area contributed by atoms with E-state index in [9.17, 15) is 14.9 Å². The highest BCUT2D eigenvalue weighted by atomic mass is 79.9. The minimum atomic E-state index is -1.40. The molecule has 5 rings (SSSR count). The van der Waals surface area contributed by atoms with Gasteiger partial charge in [0, 0.05) is 26.7 Å². The van der Waals surface area contributed by atoms with Crippen molar-refractivity contribution >= 4 is 27.5 Å². The Morgan fingerprint density at radius 1 is 1.06 bits per heavy atom. The van der Waals surface area contributed by atoms with E-state index >= 15 is 0 Å². The van der Waals surface area contributed by atoms with Gasteiger partial charge in [0.1, 0.15) is 12.4 Å². The Bertz CT molecular complexity index is 1220. The molecule has 0 saturated carbocycles. The quantitative estimate of drug-likeness (QED) is 0.388. The number of nitro groups is 1. The second-order valence-corrected chi connectivity index (χ2v) is 9.40. The van der Waals surface area contributed by atoms with Gasteiger partial charge in [-0.1, -0.05) is 58.4 Å². The molecule has 168 valence electrons. The van der Waals surface area contributed by atoms with Crippen molar-refractivity contribution in [2.45, 2.75) is 37.1 Å². The summed E-state index contributed by atoms with van der Waals surface area (Å²) in [6.07, 6.45) is 0. The number of hydrogen-bond acceptors (Lipinski definition) is 5. The minimum Gasteiger partial charge on any atom is -0.489 e. The number of carbonyl (C=O) groups excluding carboxylic acids is 1. The number of rotatable bonds is 5. The van der Waals surface area contributed by atoms with Crippen LogP contribution in [0.2, 0.25) is 0 Å². The lowest BCUT2D eigenvalue weighted by atomic mass is 9.78. The predicted molar refractivity (Wildman–Crippen MR) is 128 cm³/mol. The Morgan fingerprint density at radius 2 is 1.76 bits per heavy atom. The fourth-order valence-corrected chi connectivity index (χ4v) is 5.35. The van der Waals surface area contributed by atoms with E-state index in [1.807, 2.05) is 61.5 Å². The van der Waals surface area contributed by atoms with Gasteiger partial charge in [-0.15, -0.1) is 0 Å². The fraction of sp³-hybridized carbons (Fsp3) is 0.240.